The fourth-order valence-electron chi connectivity index (χ4n) is 2.36. The molecule has 0 aliphatic rings. The van der Waals surface area contributed by atoms with E-state index in [1.54, 1.807) is 0 Å². The number of carbonyl (C=O) groups excluding carboxylic acids is 2. The summed E-state index contributed by atoms with van der Waals surface area (Å²) >= 11 is 1.89. The number of thioether (sulfide) groups is 2. The minimum atomic E-state index is -0.257. The van der Waals surface area contributed by atoms with Crippen LogP contribution >= 0.6 is 23.5 Å². The van der Waals surface area contributed by atoms with Crippen molar-refractivity contribution in [3.63, 3.8) is 0 Å². The first-order valence-corrected chi connectivity index (χ1v) is 9.11. The molecule has 0 aliphatic heterocycles. The van der Waals surface area contributed by atoms with Gasteiger partial charge in [0.05, 0.1) is 28.5 Å². The summed E-state index contributed by atoms with van der Waals surface area (Å²) in [5.74, 6) is 0. The molecule has 0 amide bonds. The zero-order valence-corrected chi connectivity index (χ0v) is 14.5. The molecule has 25 heavy (non-hydrogen) atoms. The van der Waals surface area contributed by atoms with E-state index in [1.165, 1.54) is 0 Å². The molecule has 2 aromatic heterocycles. The highest BCUT2D eigenvalue weighted by atomic mass is 32.2. The van der Waals surface area contributed by atoms with Crippen molar-refractivity contribution < 1.29 is 9.59 Å². The molecule has 0 radical (unpaired) electrons. The normalized spacial score (nSPS) is 11.2. The lowest BCUT2D eigenvalue weighted by Gasteiger charge is -1.96. The Labute approximate surface area is 150 Å². The molecule has 0 saturated heterocycles. The number of carbonyl (C=O) groups is 2. The van der Waals surface area contributed by atoms with Crippen molar-refractivity contribution in [3.05, 3.63) is 48.5 Å². The lowest BCUT2D eigenvalue weighted by molar-refractivity contribution is -0.117. The van der Waals surface area contributed by atoms with Crippen molar-refractivity contribution in [1.82, 2.24) is 19.9 Å². The summed E-state index contributed by atoms with van der Waals surface area (Å²) in [6.45, 7) is 0. The Morgan fingerprint density at radius 2 is 1.20 bits per heavy atom. The maximum absolute atomic E-state index is 12.1. The molecule has 2 N–H and O–H groups in total. The maximum Gasteiger partial charge on any atom is 0.204 e. The molecule has 8 heteroatoms. The van der Waals surface area contributed by atoms with Gasteiger partial charge in [-0.15, -0.1) is 0 Å². The molecule has 0 fully saturated rings. The van der Waals surface area contributed by atoms with Crippen LogP contribution in [-0.2, 0) is 9.59 Å². The smallest absolute Gasteiger partial charge is 0.204 e. The van der Waals surface area contributed by atoms with Gasteiger partial charge < -0.3 is 9.97 Å². The van der Waals surface area contributed by atoms with Gasteiger partial charge in [-0.05, 0) is 47.8 Å². The first kappa shape index (κ1) is 15.9. The number of imidazole rings is 2. The van der Waals surface area contributed by atoms with E-state index in [1.807, 2.05) is 48.5 Å². The second-order valence-electron chi connectivity index (χ2n) is 5.24. The highest BCUT2D eigenvalue weighted by molar-refractivity contribution is 8.15. The molecule has 4 aromatic rings. The van der Waals surface area contributed by atoms with E-state index in [0.29, 0.717) is 10.3 Å². The zero-order chi connectivity index (χ0) is 17.2. The summed E-state index contributed by atoms with van der Waals surface area (Å²) in [6.07, 6.45) is -0.191. The van der Waals surface area contributed by atoms with E-state index < -0.39 is 0 Å². The van der Waals surface area contributed by atoms with Gasteiger partial charge in [0.2, 0.25) is 10.2 Å². The van der Waals surface area contributed by atoms with E-state index in [-0.39, 0.29) is 16.7 Å². The number of para-hydroxylation sites is 4. The Bertz CT molecular complexity index is 934. The average molecular weight is 368 g/mol. The number of H-pyrrole nitrogens is 2. The minimum absolute atomic E-state index is 0.191. The Morgan fingerprint density at radius 3 is 1.64 bits per heavy atom. The number of fused-ring (bicyclic) bond motifs is 2. The Morgan fingerprint density at radius 1 is 0.760 bits per heavy atom. The van der Waals surface area contributed by atoms with Crippen molar-refractivity contribution in [2.75, 3.05) is 0 Å². The van der Waals surface area contributed by atoms with Gasteiger partial charge in [0.1, 0.15) is 0 Å². The molecule has 0 saturated carbocycles. The van der Waals surface area contributed by atoms with Crippen LogP contribution in [0.4, 0.5) is 0 Å². The molecule has 0 aliphatic carbocycles. The number of hydrogen-bond donors (Lipinski definition) is 2. The molecule has 0 bridgehead atoms. The van der Waals surface area contributed by atoms with Crippen LogP contribution in [0.25, 0.3) is 22.1 Å². The van der Waals surface area contributed by atoms with Crippen molar-refractivity contribution in [2.24, 2.45) is 0 Å². The lowest BCUT2D eigenvalue weighted by Crippen LogP contribution is -2.01. The molecule has 0 unspecified atom stereocenters. The molecule has 2 heterocycles. The van der Waals surface area contributed by atoms with Crippen molar-refractivity contribution in [2.45, 2.75) is 16.7 Å². The first-order valence-electron chi connectivity index (χ1n) is 7.48. The van der Waals surface area contributed by atoms with Crippen LogP contribution in [0.15, 0.2) is 58.8 Å². The van der Waals surface area contributed by atoms with Crippen molar-refractivity contribution >= 4 is 55.8 Å². The SMILES string of the molecule is O=C(CC(=O)Sc1nc2ccccc2[nH]1)Sc1nc2ccccc2[nH]1. The zero-order valence-electron chi connectivity index (χ0n) is 12.9. The molecule has 6 nitrogen and oxygen atoms in total. The van der Waals surface area contributed by atoms with Crippen molar-refractivity contribution in [1.29, 1.82) is 0 Å². The molecular weight excluding hydrogens is 356 g/mol. The van der Waals surface area contributed by atoms with Crippen LogP contribution in [-0.4, -0.2) is 30.2 Å². The molecule has 4 rings (SSSR count). The Kier molecular flexibility index (Phi) is 4.29. The van der Waals surface area contributed by atoms with E-state index >= 15 is 0 Å². The van der Waals surface area contributed by atoms with E-state index in [4.69, 9.17) is 0 Å². The number of nitrogens with zero attached hydrogens (tertiary/aromatic N) is 2. The third-order valence-electron chi connectivity index (χ3n) is 3.44. The summed E-state index contributed by atoms with van der Waals surface area (Å²) < 4.78 is 0. The van der Waals surface area contributed by atoms with Gasteiger partial charge >= 0.3 is 0 Å². The first-order chi connectivity index (χ1) is 12.2. The monoisotopic (exact) mass is 368 g/mol. The third kappa shape index (κ3) is 3.59. The van der Waals surface area contributed by atoms with Gasteiger partial charge in [0.15, 0.2) is 10.3 Å². The fourth-order valence-corrected chi connectivity index (χ4v) is 3.90. The largest absolute Gasteiger partial charge is 0.333 e. The quantitative estimate of drug-likeness (QED) is 0.421. The van der Waals surface area contributed by atoms with Crippen LogP contribution < -0.4 is 0 Å². The second-order valence-corrected chi connectivity index (χ2v) is 7.34. The summed E-state index contributed by atoms with van der Waals surface area (Å²) in [5, 5.41) is 0.473. The van der Waals surface area contributed by atoms with Crippen LogP contribution in [0.5, 0.6) is 0 Å². The third-order valence-corrected chi connectivity index (χ3v) is 4.96. The highest BCUT2D eigenvalue weighted by Crippen LogP contribution is 2.25. The molecule has 0 atom stereocenters. The van der Waals surface area contributed by atoms with Crippen LogP contribution in [0.1, 0.15) is 6.42 Å². The van der Waals surface area contributed by atoms with Crippen LogP contribution in [0.2, 0.25) is 0 Å². The summed E-state index contributed by atoms with van der Waals surface area (Å²) in [7, 11) is 0. The predicted molar refractivity (Wildman–Crippen MR) is 98.5 cm³/mol. The molecule has 0 spiro atoms. The molecular formula is C17H12N4O2S2. The molecule has 2 aromatic carbocycles. The number of aromatic amines is 2. The summed E-state index contributed by atoms with van der Waals surface area (Å²) in [4.78, 5) is 39.0. The molecule has 124 valence electrons. The van der Waals surface area contributed by atoms with Gasteiger partial charge in [-0.2, -0.15) is 0 Å². The number of nitrogens with one attached hydrogen (secondary N) is 2. The van der Waals surface area contributed by atoms with Gasteiger partial charge in [-0.3, -0.25) is 9.59 Å². The van der Waals surface area contributed by atoms with Gasteiger partial charge in [0.25, 0.3) is 0 Å². The Balaban J connectivity index is 1.39. The van der Waals surface area contributed by atoms with Gasteiger partial charge in [0, 0.05) is 0 Å². The fraction of sp³-hybridized carbons (Fsp3) is 0.0588. The van der Waals surface area contributed by atoms with Crippen LogP contribution in [0.3, 0.4) is 0 Å². The average Bonchev–Trinajstić information content (AvgIpc) is 3.16. The number of benzene rings is 2. The van der Waals surface area contributed by atoms with Gasteiger partial charge in [-0.1, -0.05) is 24.3 Å². The van der Waals surface area contributed by atoms with E-state index in [0.717, 1.165) is 45.6 Å². The summed E-state index contributed by atoms with van der Waals surface area (Å²) in [5.41, 5.74) is 3.31. The van der Waals surface area contributed by atoms with E-state index in [9.17, 15) is 9.59 Å². The minimum Gasteiger partial charge on any atom is -0.333 e. The second kappa shape index (κ2) is 6.73. The van der Waals surface area contributed by atoms with Crippen molar-refractivity contribution in [3.8, 4) is 0 Å². The maximum atomic E-state index is 12.1. The highest BCUT2D eigenvalue weighted by Gasteiger charge is 2.16. The lowest BCUT2D eigenvalue weighted by atomic mass is 10.3. The van der Waals surface area contributed by atoms with Crippen LogP contribution in [0, 0.1) is 0 Å². The van der Waals surface area contributed by atoms with E-state index in [2.05, 4.69) is 19.9 Å². The standard InChI is InChI=1S/C17H12N4O2S2/c22-14(24-16-18-10-5-1-2-6-11(10)19-16)9-15(23)25-17-20-12-7-3-4-8-13(12)21-17/h1-8H,9H2,(H,18,19)(H,20,21). The van der Waals surface area contributed by atoms with Gasteiger partial charge in [-0.25, -0.2) is 9.97 Å². The number of rotatable bonds is 4. The number of hydrogen-bond acceptors (Lipinski definition) is 6. The predicted octanol–water partition coefficient (Wildman–Crippen LogP) is 3.77. The number of aromatic nitrogens is 4. The Hall–Kier alpha value is -2.58. The topological polar surface area (TPSA) is 91.5 Å². The summed E-state index contributed by atoms with van der Waals surface area (Å²) in [6, 6.07) is 15.1.